The van der Waals surface area contributed by atoms with Crippen molar-refractivity contribution in [1.82, 2.24) is 0 Å². The summed E-state index contributed by atoms with van der Waals surface area (Å²) >= 11 is 0. The molecule has 2 aromatic carbocycles. The van der Waals surface area contributed by atoms with Crippen LogP contribution in [-0.2, 0) is 12.8 Å². The minimum absolute atomic E-state index is 0.227. The van der Waals surface area contributed by atoms with Gasteiger partial charge in [0.15, 0.2) is 0 Å². The van der Waals surface area contributed by atoms with Crippen LogP contribution in [0.25, 0.3) is 0 Å². The Morgan fingerprint density at radius 3 is 2.67 bits per heavy atom. The molecule has 21 heavy (non-hydrogen) atoms. The number of benzene rings is 2. The quantitative estimate of drug-likeness (QED) is 0.890. The van der Waals surface area contributed by atoms with E-state index in [2.05, 4.69) is 24.3 Å². The predicted octanol–water partition coefficient (Wildman–Crippen LogP) is 4.24. The first-order valence-electron chi connectivity index (χ1n) is 7.72. The molecule has 2 aromatic rings. The highest BCUT2D eigenvalue weighted by atomic mass is 19.1. The Morgan fingerprint density at radius 1 is 1.10 bits per heavy atom. The molecule has 1 N–H and O–H groups in total. The number of rotatable bonds is 4. The van der Waals surface area contributed by atoms with Crippen LogP contribution >= 0.6 is 0 Å². The highest BCUT2D eigenvalue weighted by Crippen LogP contribution is 2.35. The van der Waals surface area contributed by atoms with Crippen molar-refractivity contribution in [2.75, 3.05) is 0 Å². The van der Waals surface area contributed by atoms with Gasteiger partial charge in [-0.3, -0.25) is 0 Å². The van der Waals surface area contributed by atoms with Gasteiger partial charge in [0.1, 0.15) is 5.82 Å². The van der Waals surface area contributed by atoms with Gasteiger partial charge in [-0.2, -0.15) is 0 Å². The molecule has 0 amide bonds. The Balaban J connectivity index is 1.65. The predicted molar refractivity (Wildman–Crippen MR) is 82.8 cm³/mol. The molecule has 0 saturated heterocycles. The molecule has 0 aromatic heterocycles. The van der Waals surface area contributed by atoms with E-state index in [1.54, 1.807) is 12.1 Å². The molecule has 1 aliphatic rings. The van der Waals surface area contributed by atoms with Crippen LogP contribution < -0.4 is 0 Å². The summed E-state index contributed by atoms with van der Waals surface area (Å²) in [6.07, 6.45) is 4.52. The van der Waals surface area contributed by atoms with Crippen LogP contribution in [0.1, 0.15) is 41.9 Å². The first-order valence-corrected chi connectivity index (χ1v) is 7.72. The van der Waals surface area contributed by atoms with Gasteiger partial charge in [-0.25, -0.2) is 4.39 Å². The summed E-state index contributed by atoms with van der Waals surface area (Å²) in [4.78, 5) is 0. The van der Waals surface area contributed by atoms with Crippen LogP contribution in [0.2, 0.25) is 0 Å². The molecule has 3 rings (SSSR count). The molecule has 1 aliphatic carbocycles. The third-order valence-corrected chi connectivity index (χ3v) is 4.43. The summed E-state index contributed by atoms with van der Waals surface area (Å²) in [6.45, 7) is 0. The second-order valence-electron chi connectivity index (χ2n) is 6.01. The molecule has 0 radical (unpaired) electrons. The highest BCUT2D eigenvalue weighted by molar-refractivity contribution is 5.32. The Kier molecular flexibility index (Phi) is 4.35. The van der Waals surface area contributed by atoms with E-state index < -0.39 is 0 Å². The highest BCUT2D eigenvalue weighted by Gasteiger charge is 2.22. The Bertz CT molecular complexity index is 591. The lowest BCUT2D eigenvalue weighted by atomic mass is 9.79. The zero-order valence-corrected chi connectivity index (χ0v) is 12.1. The largest absolute Gasteiger partial charge is 0.393 e. The van der Waals surface area contributed by atoms with E-state index in [-0.39, 0.29) is 11.9 Å². The summed E-state index contributed by atoms with van der Waals surface area (Å²) < 4.78 is 12.9. The lowest BCUT2D eigenvalue weighted by Crippen LogP contribution is -2.18. The summed E-state index contributed by atoms with van der Waals surface area (Å²) in [5.41, 5.74) is 3.83. The van der Waals surface area contributed by atoms with Crippen molar-refractivity contribution in [2.24, 2.45) is 0 Å². The minimum Gasteiger partial charge on any atom is -0.393 e. The van der Waals surface area contributed by atoms with Gasteiger partial charge in [0.2, 0.25) is 0 Å². The molecular formula is C19H21FO. The molecule has 2 atom stereocenters. The molecule has 0 aliphatic heterocycles. The van der Waals surface area contributed by atoms with Gasteiger partial charge in [-0.15, -0.1) is 0 Å². The number of hydrogen-bond acceptors (Lipinski definition) is 1. The van der Waals surface area contributed by atoms with Crippen molar-refractivity contribution in [2.45, 2.75) is 44.1 Å². The average Bonchev–Trinajstić information content (AvgIpc) is 2.50. The number of aryl methyl sites for hydroxylation is 1. The molecule has 2 unspecified atom stereocenters. The van der Waals surface area contributed by atoms with Gasteiger partial charge < -0.3 is 5.11 Å². The van der Waals surface area contributed by atoms with E-state index in [0.717, 1.165) is 24.8 Å². The standard InChI is InChI=1S/C19H21FO/c20-17-10-8-14(9-11-17)12-18(21)13-16-6-3-5-15-4-1-2-7-19(15)16/h1-2,4,7-11,16,18,21H,3,5-6,12-13H2. The van der Waals surface area contributed by atoms with Gasteiger partial charge in [0.25, 0.3) is 0 Å². The molecule has 1 nitrogen and oxygen atoms in total. The van der Waals surface area contributed by atoms with Crippen LogP contribution in [0.4, 0.5) is 4.39 Å². The molecule has 2 heteroatoms. The van der Waals surface area contributed by atoms with Crippen LogP contribution in [0.5, 0.6) is 0 Å². The number of hydrogen-bond donors (Lipinski definition) is 1. The van der Waals surface area contributed by atoms with Crippen molar-refractivity contribution < 1.29 is 9.50 Å². The maximum absolute atomic E-state index is 12.9. The first kappa shape index (κ1) is 14.3. The van der Waals surface area contributed by atoms with Crippen LogP contribution in [-0.4, -0.2) is 11.2 Å². The fourth-order valence-electron chi connectivity index (χ4n) is 3.40. The topological polar surface area (TPSA) is 20.2 Å². The van der Waals surface area contributed by atoms with Gasteiger partial charge in [0, 0.05) is 0 Å². The average molecular weight is 284 g/mol. The third-order valence-electron chi connectivity index (χ3n) is 4.43. The summed E-state index contributed by atoms with van der Waals surface area (Å²) in [5, 5.41) is 10.4. The fraction of sp³-hybridized carbons (Fsp3) is 0.368. The van der Waals surface area contributed by atoms with E-state index in [1.807, 2.05) is 0 Å². The van der Waals surface area contributed by atoms with Crippen molar-refractivity contribution in [3.8, 4) is 0 Å². The van der Waals surface area contributed by atoms with Crippen LogP contribution in [0.3, 0.4) is 0 Å². The van der Waals surface area contributed by atoms with Gasteiger partial charge in [0.05, 0.1) is 6.10 Å². The molecule has 0 heterocycles. The fourth-order valence-corrected chi connectivity index (χ4v) is 3.40. The SMILES string of the molecule is OC(Cc1ccc(F)cc1)CC1CCCc2ccccc21. The van der Waals surface area contributed by atoms with Gasteiger partial charge >= 0.3 is 0 Å². The Hall–Kier alpha value is -1.67. The van der Waals surface area contributed by atoms with Crippen molar-refractivity contribution >= 4 is 0 Å². The summed E-state index contributed by atoms with van der Waals surface area (Å²) in [7, 11) is 0. The molecule has 0 fully saturated rings. The molecule has 0 saturated carbocycles. The van der Waals surface area contributed by atoms with Crippen molar-refractivity contribution in [1.29, 1.82) is 0 Å². The van der Waals surface area contributed by atoms with E-state index >= 15 is 0 Å². The van der Waals surface area contributed by atoms with Gasteiger partial charge in [-0.05, 0) is 66.8 Å². The zero-order valence-electron chi connectivity index (χ0n) is 12.1. The maximum atomic E-state index is 12.9. The van der Waals surface area contributed by atoms with E-state index in [1.165, 1.54) is 29.7 Å². The Morgan fingerprint density at radius 2 is 1.86 bits per heavy atom. The second-order valence-corrected chi connectivity index (χ2v) is 6.01. The van der Waals surface area contributed by atoms with Crippen LogP contribution in [0.15, 0.2) is 48.5 Å². The normalized spacial score (nSPS) is 19.0. The first-order chi connectivity index (χ1) is 10.2. The number of aliphatic hydroxyl groups excluding tert-OH is 1. The number of halogens is 1. The zero-order chi connectivity index (χ0) is 14.7. The van der Waals surface area contributed by atoms with Crippen LogP contribution in [0, 0.1) is 5.82 Å². The molecular weight excluding hydrogens is 263 g/mol. The third kappa shape index (κ3) is 3.51. The molecule has 0 spiro atoms. The lowest BCUT2D eigenvalue weighted by molar-refractivity contribution is 0.152. The van der Waals surface area contributed by atoms with E-state index in [4.69, 9.17) is 0 Å². The molecule has 110 valence electrons. The lowest BCUT2D eigenvalue weighted by Gasteiger charge is -2.27. The number of fused-ring (bicyclic) bond motifs is 1. The van der Waals surface area contributed by atoms with E-state index in [0.29, 0.717) is 12.3 Å². The smallest absolute Gasteiger partial charge is 0.123 e. The van der Waals surface area contributed by atoms with E-state index in [9.17, 15) is 9.50 Å². The van der Waals surface area contributed by atoms with Crippen molar-refractivity contribution in [3.63, 3.8) is 0 Å². The molecule has 0 bridgehead atoms. The number of aliphatic hydroxyl groups is 1. The summed E-state index contributed by atoms with van der Waals surface area (Å²) in [5.74, 6) is 0.222. The Labute approximate surface area is 125 Å². The van der Waals surface area contributed by atoms with Gasteiger partial charge in [-0.1, -0.05) is 36.4 Å². The van der Waals surface area contributed by atoms with Crippen molar-refractivity contribution in [3.05, 3.63) is 71.0 Å². The monoisotopic (exact) mass is 284 g/mol. The summed E-state index contributed by atoms with van der Waals surface area (Å²) in [6, 6.07) is 15.0. The maximum Gasteiger partial charge on any atom is 0.123 e. The minimum atomic E-state index is -0.369. The second kappa shape index (κ2) is 6.40.